The second kappa shape index (κ2) is 5.36. The molecule has 0 aliphatic heterocycles. The van der Waals surface area contributed by atoms with Gasteiger partial charge in [-0.15, -0.1) is 0 Å². The zero-order chi connectivity index (χ0) is 12.3. The third-order valence-corrected chi connectivity index (χ3v) is 3.27. The summed E-state index contributed by atoms with van der Waals surface area (Å²) in [6, 6.07) is 4.33. The van der Waals surface area contributed by atoms with Crippen molar-refractivity contribution in [2.24, 2.45) is 0 Å². The van der Waals surface area contributed by atoms with Gasteiger partial charge in [0.25, 0.3) is 5.69 Å². The Balaban J connectivity index is 2.08. The fraction of sp³-hybridized carbons (Fsp3) is 0.500. The largest absolute Gasteiger partial charge is 0.489 e. The van der Waals surface area contributed by atoms with Crippen LogP contribution >= 0.6 is 11.6 Å². The summed E-state index contributed by atoms with van der Waals surface area (Å²) in [4.78, 5) is 10.1. The molecule has 0 N–H and O–H groups in total. The van der Waals surface area contributed by atoms with E-state index in [2.05, 4.69) is 0 Å². The summed E-state index contributed by atoms with van der Waals surface area (Å²) in [6.45, 7) is 0. The number of ether oxygens (including phenoxy) is 1. The van der Waals surface area contributed by atoms with Crippen LogP contribution in [0.1, 0.15) is 32.1 Å². The van der Waals surface area contributed by atoms with Crippen molar-refractivity contribution in [3.8, 4) is 5.75 Å². The summed E-state index contributed by atoms with van der Waals surface area (Å²) in [5.74, 6) is 0.546. The fourth-order valence-corrected chi connectivity index (χ4v) is 2.28. The molecule has 1 aromatic carbocycles. The minimum Gasteiger partial charge on any atom is -0.489 e. The third kappa shape index (κ3) is 3.09. The van der Waals surface area contributed by atoms with Crippen molar-refractivity contribution in [2.75, 3.05) is 0 Å². The number of halogens is 1. The van der Waals surface area contributed by atoms with Gasteiger partial charge in [0.05, 0.1) is 16.0 Å². The second-order valence-electron chi connectivity index (χ2n) is 4.25. The average Bonchev–Trinajstić information content (AvgIpc) is 2.33. The lowest BCUT2D eigenvalue weighted by Gasteiger charge is -2.23. The minimum absolute atomic E-state index is 0.00834. The van der Waals surface area contributed by atoms with E-state index < -0.39 is 4.92 Å². The highest BCUT2D eigenvalue weighted by molar-refractivity contribution is 6.32. The summed E-state index contributed by atoms with van der Waals surface area (Å²) in [5.41, 5.74) is -0.00834. The molecule has 0 radical (unpaired) electrons. The number of nitro benzene ring substituents is 1. The molecule has 1 aromatic rings. The molecule has 1 aliphatic carbocycles. The Morgan fingerprint density at radius 1 is 1.29 bits per heavy atom. The smallest absolute Gasteiger partial charge is 0.271 e. The van der Waals surface area contributed by atoms with Gasteiger partial charge in [-0.3, -0.25) is 10.1 Å². The van der Waals surface area contributed by atoms with Crippen LogP contribution < -0.4 is 4.74 Å². The van der Waals surface area contributed by atoms with E-state index in [1.165, 1.54) is 31.4 Å². The molecule has 1 saturated carbocycles. The number of rotatable bonds is 3. The van der Waals surface area contributed by atoms with Crippen molar-refractivity contribution >= 4 is 17.3 Å². The summed E-state index contributed by atoms with van der Waals surface area (Å²) >= 11 is 5.96. The zero-order valence-electron chi connectivity index (χ0n) is 9.39. The molecule has 0 heterocycles. The Morgan fingerprint density at radius 3 is 2.59 bits per heavy atom. The molecule has 1 aliphatic rings. The average molecular weight is 256 g/mol. The highest BCUT2D eigenvalue weighted by Crippen LogP contribution is 2.31. The van der Waals surface area contributed by atoms with Gasteiger partial charge in [0.2, 0.25) is 0 Å². The van der Waals surface area contributed by atoms with E-state index >= 15 is 0 Å². The summed E-state index contributed by atoms with van der Waals surface area (Å²) in [6.07, 6.45) is 5.88. The number of hydrogen-bond donors (Lipinski definition) is 0. The molecular weight excluding hydrogens is 242 g/mol. The second-order valence-corrected chi connectivity index (χ2v) is 4.66. The van der Waals surface area contributed by atoms with Crippen molar-refractivity contribution < 1.29 is 9.66 Å². The Morgan fingerprint density at radius 2 is 2.00 bits per heavy atom. The molecule has 0 atom stereocenters. The Labute approximate surface area is 105 Å². The maximum absolute atomic E-state index is 10.6. The first-order valence-electron chi connectivity index (χ1n) is 5.77. The lowest BCUT2D eigenvalue weighted by atomic mass is 9.98. The van der Waals surface area contributed by atoms with E-state index in [0.717, 1.165) is 12.8 Å². The first-order valence-corrected chi connectivity index (χ1v) is 6.15. The highest BCUT2D eigenvalue weighted by Gasteiger charge is 2.17. The van der Waals surface area contributed by atoms with Crippen LogP contribution in [0, 0.1) is 10.1 Å². The van der Waals surface area contributed by atoms with Crippen LogP contribution in [0.25, 0.3) is 0 Å². The molecule has 0 aromatic heterocycles. The molecule has 0 amide bonds. The molecule has 5 heteroatoms. The van der Waals surface area contributed by atoms with Crippen molar-refractivity contribution in [1.82, 2.24) is 0 Å². The normalized spacial score (nSPS) is 16.8. The molecule has 0 spiro atoms. The highest BCUT2D eigenvalue weighted by atomic mass is 35.5. The Bertz CT molecular complexity index is 416. The van der Waals surface area contributed by atoms with E-state index in [9.17, 15) is 10.1 Å². The van der Waals surface area contributed by atoms with Crippen LogP contribution in [0.3, 0.4) is 0 Å². The lowest BCUT2D eigenvalue weighted by Crippen LogP contribution is -2.19. The maximum Gasteiger partial charge on any atom is 0.271 e. The third-order valence-electron chi connectivity index (χ3n) is 2.97. The summed E-state index contributed by atoms with van der Waals surface area (Å²) < 4.78 is 5.77. The number of nitrogens with zero attached hydrogens (tertiary/aromatic N) is 1. The molecule has 2 rings (SSSR count). The van der Waals surface area contributed by atoms with Crippen LogP contribution in [-0.4, -0.2) is 11.0 Å². The standard InChI is InChI=1S/C12H14ClNO3/c13-11-8-9(14(15)16)6-7-12(11)17-10-4-2-1-3-5-10/h6-8,10H,1-5H2. The first-order chi connectivity index (χ1) is 8.16. The monoisotopic (exact) mass is 255 g/mol. The van der Waals surface area contributed by atoms with Crippen molar-refractivity contribution in [3.05, 3.63) is 33.3 Å². The first kappa shape index (κ1) is 12.2. The predicted molar refractivity (Wildman–Crippen MR) is 65.6 cm³/mol. The Hall–Kier alpha value is -1.29. The quantitative estimate of drug-likeness (QED) is 0.607. The number of non-ortho nitro benzene ring substituents is 1. The molecule has 1 fully saturated rings. The van der Waals surface area contributed by atoms with E-state index in [1.807, 2.05) is 0 Å². The van der Waals surface area contributed by atoms with Gasteiger partial charge >= 0.3 is 0 Å². The molecule has 4 nitrogen and oxygen atoms in total. The maximum atomic E-state index is 10.6. The van der Waals surface area contributed by atoms with Gasteiger partial charge in [0.15, 0.2) is 0 Å². The van der Waals surface area contributed by atoms with Crippen LogP contribution in [0.2, 0.25) is 5.02 Å². The Kier molecular flexibility index (Phi) is 3.84. The number of hydrogen-bond acceptors (Lipinski definition) is 3. The lowest BCUT2D eigenvalue weighted by molar-refractivity contribution is -0.384. The molecule has 17 heavy (non-hydrogen) atoms. The van der Waals surface area contributed by atoms with E-state index in [-0.39, 0.29) is 11.8 Å². The van der Waals surface area contributed by atoms with Gasteiger partial charge in [-0.2, -0.15) is 0 Å². The van der Waals surface area contributed by atoms with Crippen molar-refractivity contribution in [1.29, 1.82) is 0 Å². The zero-order valence-corrected chi connectivity index (χ0v) is 10.2. The SMILES string of the molecule is O=[N+]([O-])c1ccc(OC2CCCCC2)c(Cl)c1. The van der Waals surface area contributed by atoms with Gasteiger partial charge in [-0.1, -0.05) is 18.0 Å². The summed E-state index contributed by atoms with van der Waals surface area (Å²) in [7, 11) is 0. The van der Waals surface area contributed by atoms with Crippen LogP contribution in [0.15, 0.2) is 18.2 Å². The van der Waals surface area contributed by atoms with Crippen molar-refractivity contribution in [3.63, 3.8) is 0 Å². The summed E-state index contributed by atoms with van der Waals surface area (Å²) in [5, 5.41) is 10.9. The molecule has 0 bridgehead atoms. The van der Waals surface area contributed by atoms with E-state index in [0.29, 0.717) is 10.8 Å². The number of benzene rings is 1. The molecular formula is C12H14ClNO3. The molecule has 92 valence electrons. The van der Waals surface area contributed by atoms with Gasteiger partial charge in [-0.25, -0.2) is 0 Å². The van der Waals surface area contributed by atoms with Gasteiger partial charge in [0, 0.05) is 12.1 Å². The minimum atomic E-state index is -0.462. The molecule has 0 unspecified atom stereocenters. The topological polar surface area (TPSA) is 52.4 Å². The fourth-order valence-electron chi connectivity index (χ4n) is 2.06. The van der Waals surface area contributed by atoms with Crippen LogP contribution in [-0.2, 0) is 0 Å². The predicted octanol–water partition coefficient (Wildman–Crippen LogP) is 3.96. The number of nitro groups is 1. The van der Waals surface area contributed by atoms with Crippen LogP contribution in [0.5, 0.6) is 5.75 Å². The van der Waals surface area contributed by atoms with Crippen LogP contribution in [0.4, 0.5) is 5.69 Å². The molecule has 0 saturated heterocycles. The van der Waals surface area contributed by atoms with Gasteiger partial charge in [0.1, 0.15) is 5.75 Å². The van der Waals surface area contributed by atoms with Gasteiger partial charge < -0.3 is 4.74 Å². The van der Waals surface area contributed by atoms with Gasteiger partial charge in [-0.05, 0) is 31.7 Å². The van der Waals surface area contributed by atoms with E-state index in [1.54, 1.807) is 6.07 Å². The van der Waals surface area contributed by atoms with E-state index in [4.69, 9.17) is 16.3 Å². The van der Waals surface area contributed by atoms with Crippen molar-refractivity contribution in [2.45, 2.75) is 38.2 Å².